The zero-order chi connectivity index (χ0) is 56.7. The highest BCUT2D eigenvalue weighted by Gasteiger charge is 2.44. The number of hydrogen-bond acceptors (Lipinski definition) is 16. The molecule has 23 heteroatoms. The molecule has 80 heavy (non-hydrogen) atoms. The molecule has 0 saturated carbocycles. The molecule has 0 bridgehead atoms. The second kappa shape index (κ2) is 28.4. The predicted molar refractivity (Wildman–Crippen MR) is 304 cm³/mol. The summed E-state index contributed by atoms with van der Waals surface area (Å²) in [4.78, 5) is 82.3. The first kappa shape index (κ1) is 59.8. The molecule has 5 heterocycles. The van der Waals surface area contributed by atoms with Crippen LogP contribution in [0, 0.1) is 11.3 Å². The van der Waals surface area contributed by atoms with Crippen LogP contribution < -0.4 is 21.3 Å². The zero-order valence-electron chi connectivity index (χ0n) is 46.5. The Kier molecular flexibility index (Phi) is 21.2. The lowest BCUT2D eigenvalue weighted by atomic mass is 9.85. The molecule has 3 aromatic carbocycles. The Balaban J connectivity index is 0.603. The van der Waals surface area contributed by atoms with Crippen LogP contribution in [-0.2, 0) is 68.5 Å². The van der Waals surface area contributed by atoms with E-state index in [-0.39, 0.29) is 75.8 Å². The monoisotopic (exact) mass is 1120 g/mol. The van der Waals surface area contributed by atoms with Gasteiger partial charge < -0.3 is 59.9 Å². The fourth-order valence-electron chi connectivity index (χ4n) is 9.96. The number of imidazole rings is 1. The predicted octanol–water partition coefficient (Wildman–Crippen LogP) is 3.91. The van der Waals surface area contributed by atoms with Crippen molar-refractivity contribution in [2.45, 2.75) is 83.8 Å². The number of aliphatic imine (C=N–C) groups is 1. The number of aliphatic hydroxyl groups excluding tert-OH is 1. The largest absolute Gasteiger partial charge is 0.391 e. The van der Waals surface area contributed by atoms with Crippen molar-refractivity contribution in [3.05, 3.63) is 89.4 Å². The molecule has 3 aliphatic rings. The molecule has 0 aliphatic carbocycles. The molecule has 0 spiro atoms. The Morgan fingerprint density at radius 2 is 1.56 bits per heavy atom. The summed E-state index contributed by atoms with van der Waals surface area (Å²) in [5, 5.41) is 27.4. The number of anilines is 1. The first-order chi connectivity index (χ1) is 38.5. The van der Waals surface area contributed by atoms with E-state index < -0.39 is 35.4 Å². The van der Waals surface area contributed by atoms with Crippen LogP contribution in [0.3, 0.4) is 0 Å². The van der Waals surface area contributed by atoms with Gasteiger partial charge in [-0.3, -0.25) is 38.5 Å². The molecular formula is C57H77N11O11S. The van der Waals surface area contributed by atoms with Crippen molar-refractivity contribution < 1.29 is 52.8 Å². The van der Waals surface area contributed by atoms with Gasteiger partial charge in [0.15, 0.2) is 0 Å². The van der Waals surface area contributed by atoms with E-state index in [2.05, 4.69) is 48.2 Å². The van der Waals surface area contributed by atoms with Gasteiger partial charge in [-0.2, -0.15) is 5.10 Å². The van der Waals surface area contributed by atoms with Crippen molar-refractivity contribution in [2.24, 2.45) is 23.4 Å². The zero-order valence-corrected chi connectivity index (χ0v) is 47.3. The Morgan fingerprint density at radius 3 is 2.25 bits per heavy atom. The van der Waals surface area contributed by atoms with Crippen LogP contribution in [0.2, 0.25) is 0 Å². The molecule has 8 rings (SSSR count). The number of rotatable bonds is 29. The molecular weight excluding hydrogens is 1050 g/mol. The second-order valence-electron chi connectivity index (χ2n) is 21.9. The number of thioether (sulfide) groups is 1. The van der Waals surface area contributed by atoms with Gasteiger partial charge in [-0.25, -0.2) is 4.98 Å². The molecule has 3 aliphatic heterocycles. The maximum absolute atomic E-state index is 13.9. The van der Waals surface area contributed by atoms with E-state index in [1.807, 2.05) is 88.0 Å². The number of fused-ring (bicyclic) bond motifs is 2. The van der Waals surface area contributed by atoms with Gasteiger partial charge in [0.1, 0.15) is 31.1 Å². The molecule has 5 amide bonds. The van der Waals surface area contributed by atoms with Gasteiger partial charge in [0, 0.05) is 62.0 Å². The highest BCUT2D eigenvalue weighted by Crippen LogP contribution is 2.34. The van der Waals surface area contributed by atoms with Crippen LogP contribution in [0.5, 0.6) is 0 Å². The number of aromatic amines is 1. The number of β-amino-alcohol motifs (C(OH)–C–C–N with tert-alkyl or cyclic N) is 1. The maximum Gasteiger partial charge on any atom is 0.255 e. The average Bonchev–Trinajstić information content (AvgIpc) is 4.32. The molecule has 0 radical (unpaired) electrons. The number of carbonyl (C=O) groups is 5. The third kappa shape index (κ3) is 16.9. The number of hydrogen-bond donors (Lipinski definition) is 6. The lowest BCUT2D eigenvalue weighted by molar-refractivity contribution is -0.144. The van der Waals surface area contributed by atoms with E-state index in [4.69, 9.17) is 28.7 Å². The fraction of sp³-hybridized carbons (Fsp3) is 0.544. The van der Waals surface area contributed by atoms with Crippen LogP contribution >= 0.6 is 11.8 Å². The van der Waals surface area contributed by atoms with E-state index in [0.717, 1.165) is 70.6 Å². The molecule has 6 N–H and O–H groups in total. The lowest BCUT2D eigenvalue weighted by Crippen LogP contribution is -2.58. The van der Waals surface area contributed by atoms with E-state index in [9.17, 15) is 29.1 Å². The van der Waals surface area contributed by atoms with Gasteiger partial charge in [0.2, 0.25) is 23.6 Å². The minimum absolute atomic E-state index is 0.0211. The van der Waals surface area contributed by atoms with Gasteiger partial charge in [0.05, 0.1) is 99.3 Å². The molecule has 2 unspecified atom stereocenters. The number of carbonyl (C=O) groups excluding carboxylic acids is 5. The van der Waals surface area contributed by atoms with Crippen molar-refractivity contribution in [2.75, 3.05) is 103 Å². The Bertz CT molecular complexity index is 2930. The summed E-state index contributed by atoms with van der Waals surface area (Å²) in [7, 11) is 1.87. The standard InChI is InChI=1S/C57H77N11O11S/c1-56(2,3)52(55(74)68-32-44(69)28-48(68)54(73)59-29-38-6-9-42(10-7-38)57(4)36-80-37-60-57)65-51(71)35-79-25-23-77-21-19-75-18-20-76-22-24-78-34-50(70)58-16-14-39-15-17-67(31-39)33-49-63-45-12-11-43(27-46(45)64-49)62-53(72)40-8-13-47-41(26-40)30-61-66(47)5/h6-13,26-27,30,37,39,44,48,52,69H,14-25,28-29,31-36H2,1-5H3,(H,58,70)(H,59,73)(H,62,72)(H,63,64)(H,65,71)/t39?,44-,48+,52-,57?/m1/s1. The Labute approximate surface area is 470 Å². The van der Waals surface area contributed by atoms with E-state index in [0.29, 0.717) is 63.3 Å². The van der Waals surface area contributed by atoms with Crippen LogP contribution in [0.4, 0.5) is 5.69 Å². The first-order valence-corrected chi connectivity index (χ1v) is 28.5. The molecule has 2 aromatic heterocycles. The fourth-order valence-corrected chi connectivity index (χ4v) is 10.9. The first-order valence-electron chi connectivity index (χ1n) is 27.4. The van der Waals surface area contributed by atoms with Crippen LogP contribution in [0.1, 0.15) is 74.3 Å². The second-order valence-corrected chi connectivity index (χ2v) is 22.7. The van der Waals surface area contributed by atoms with E-state index in [1.165, 1.54) is 4.90 Å². The number of benzene rings is 3. The van der Waals surface area contributed by atoms with Crippen LogP contribution in [0.25, 0.3) is 21.9 Å². The Morgan fingerprint density at radius 1 is 0.863 bits per heavy atom. The number of nitrogens with zero attached hydrogens (tertiary/aromatic N) is 6. The summed E-state index contributed by atoms with van der Waals surface area (Å²) in [5.41, 5.74) is 6.78. The molecule has 2 fully saturated rings. The summed E-state index contributed by atoms with van der Waals surface area (Å²) in [6.45, 7) is 12.9. The molecule has 5 atom stereocenters. The van der Waals surface area contributed by atoms with Crippen molar-refractivity contribution in [1.82, 2.24) is 45.5 Å². The van der Waals surface area contributed by atoms with Gasteiger partial charge in [-0.05, 0) is 85.2 Å². The molecule has 2 saturated heterocycles. The van der Waals surface area contributed by atoms with E-state index in [1.54, 1.807) is 28.7 Å². The maximum atomic E-state index is 13.9. The van der Waals surface area contributed by atoms with Gasteiger partial charge in [-0.1, -0.05) is 45.0 Å². The Hall–Kier alpha value is -6.31. The van der Waals surface area contributed by atoms with Crippen molar-refractivity contribution in [3.8, 4) is 0 Å². The van der Waals surface area contributed by atoms with E-state index >= 15 is 0 Å². The summed E-state index contributed by atoms with van der Waals surface area (Å²) in [6, 6.07) is 17.3. The quantitative estimate of drug-likeness (QED) is 0.0371. The SMILES string of the molecule is Cn1ncc2cc(C(=O)Nc3ccc4nc(CN5CCC(CCNC(=O)COCCOCCOCCOCCOCC(=O)N[C@H](C(=O)N6C[C@H](O)C[C@H]6C(=O)NCc6ccc(C7(C)CSC=N7)cc6)C(C)(C)C)C5)[nH]c4c3)ccc21. The van der Waals surface area contributed by atoms with Gasteiger partial charge in [0.25, 0.3) is 5.91 Å². The third-order valence-corrected chi connectivity index (χ3v) is 15.5. The average molecular weight is 1120 g/mol. The van der Waals surface area contributed by atoms with Crippen LogP contribution in [-0.4, -0.2) is 186 Å². The number of aliphatic hydroxyl groups is 1. The minimum atomic E-state index is -0.972. The molecule has 432 valence electrons. The summed E-state index contributed by atoms with van der Waals surface area (Å²) < 4.78 is 29.5. The summed E-state index contributed by atoms with van der Waals surface area (Å²) in [5.74, 6) is 0.525. The number of aromatic nitrogens is 4. The highest BCUT2D eigenvalue weighted by molar-refractivity contribution is 8.12. The van der Waals surface area contributed by atoms with Crippen LogP contribution in [0.15, 0.2) is 71.9 Å². The highest BCUT2D eigenvalue weighted by atomic mass is 32.2. The van der Waals surface area contributed by atoms with Crippen molar-refractivity contribution >= 4 is 74.5 Å². The number of nitrogens with one attached hydrogen (secondary N) is 5. The van der Waals surface area contributed by atoms with Gasteiger partial charge >= 0.3 is 0 Å². The number of likely N-dealkylation sites (tertiary alicyclic amines) is 2. The van der Waals surface area contributed by atoms with Crippen molar-refractivity contribution in [1.29, 1.82) is 0 Å². The summed E-state index contributed by atoms with van der Waals surface area (Å²) in [6.07, 6.45) is 2.87. The number of H-pyrrole nitrogens is 1. The lowest BCUT2D eigenvalue weighted by Gasteiger charge is -2.35. The molecule has 5 aromatic rings. The number of ether oxygens (including phenoxy) is 5. The molecule has 22 nitrogen and oxygen atoms in total. The third-order valence-electron chi connectivity index (χ3n) is 14.5. The smallest absolute Gasteiger partial charge is 0.255 e. The van der Waals surface area contributed by atoms with Crippen molar-refractivity contribution in [3.63, 3.8) is 0 Å². The topological polar surface area (TPSA) is 265 Å². The number of aryl methyl sites for hydroxylation is 1. The normalized spacial score (nSPS) is 19.7. The summed E-state index contributed by atoms with van der Waals surface area (Å²) >= 11 is 1.68. The van der Waals surface area contributed by atoms with Gasteiger partial charge in [-0.15, -0.1) is 11.8 Å². The number of amides is 5. The minimum Gasteiger partial charge on any atom is -0.391 e.